The number of nitrogens with zero attached hydrogens (tertiary/aromatic N) is 2. The summed E-state index contributed by atoms with van der Waals surface area (Å²) in [7, 11) is 0. The molecule has 6 rings (SSSR count). The van der Waals surface area contributed by atoms with E-state index in [1.54, 1.807) is 12.1 Å². The molecule has 3 aliphatic rings. The van der Waals surface area contributed by atoms with Gasteiger partial charge >= 0.3 is 0 Å². The molecule has 3 aromatic carbocycles. The van der Waals surface area contributed by atoms with Gasteiger partial charge < -0.3 is 9.47 Å². The Kier molecular flexibility index (Phi) is 5.00. The SMILES string of the molecule is Cc1cccc(C)c1OCC[C@]12CC[C@](C)(O1)[C@@H]1C(=O)N(c3ccc(C#N)c4ccccc34)C(=O)[C@@H]12. The van der Waals surface area contributed by atoms with Crippen LogP contribution in [0.5, 0.6) is 5.75 Å². The molecule has 2 bridgehead atoms. The van der Waals surface area contributed by atoms with Crippen molar-refractivity contribution < 1.29 is 19.1 Å². The number of ether oxygens (including phenoxy) is 2. The van der Waals surface area contributed by atoms with E-state index >= 15 is 0 Å². The van der Waals surface area contributed by atoms with Crippen molar-refractivity contribution in [1.82, 2.24) is 0 Å². The smallest absolute Gasteiger partial charge is 0.240 e. The molecule has 3 fully saturated rings. The summed E-state index contributed by atoms with van der Waals surface area (Å²) in [5.74, 6) is -0.619. The Hall–Kier alpha value is -3.69. The number of benzene rings is 3. The van der Waals surface area contributed by atoms with Crippen LogP contribution >= 0.6 is 0 Å². The summed E-state index contributed by atoms with van der Waals surface area (Å²) in [6, 6.07) is 19.1. The predicted molar refractivity (Wildman–Crippen MR) is 136 cm³/mol. The number of aryl methyl sites for hydroxylation is 2. The minimum atomic E-state index is -0.722. The van der Waals surface area contributed by atoms with Crippen LogP contribution in [0, 0.1) is 37.0 Å². The Morgan fingerprint density at radius 3 is 2.39 bits per heavy atom. The fourth-order valence-corrected chi connectivity index (χ4v) is 6.78. The Bertz CT molecular complexity index is 1450. The molecule has 4 atom stereocenters. The number of hydrogen-bond donors (Lipinski definition) is 0. The highest BCUT2D eigenvalue weighted by Crippen LogP contribution is 2.62. The van der Waals surface area contributed by atoms with Crippen LogP contribution in [0.2, 0.25) is 0 Å². The zero-order valence-corrected chi connectivity index (χ0v) is 20.7. The molecule has 0 N–H and O–H groups in total. The maximum atomic E-state index is 14.0. The van der Waals surface area contributed by atoms with Gasteiger partial charge in [0.1, 0.15) is 5.75 Å². The average molecular weight is 481 g/mol. The zero-order valence-electron chi connectivity index (χ0n) is 20.7. The lowest BCUT2D eigenvalue weighted by molar-refractivity contribution is -0.131. The van der Waals surface area contributed by atoms with Gasteiger partial charge in [-0.2, -0.15) is 5.26 Å². The Balaban J connectivity index is 1.34. The van der Waals surface area contributed by atoms with E-state index in [0.29, 0.717) is 24.3 Å². The van der Waals surface area contributed by atoms with E-state index < -0.39 is 23.0 Å². The molecular formula is C30H28N2O4. The zero-order chi connectivity index (χ0) is 25.2. The van der Waals surface area contributed by atoms with Crippen LogP contribution < -0.4 is 9.64 Å². The topological polar surface area (TPSA) is 79.6 Å². The molecule has 2 amide bonds. The Morgan fingerprint density at radius 1 is 0.972 bits per heavy atom. The van der Waals surface area contributed by atoms with E-state index in [9.17, 15) is 14.9 Å². The van der Waals surface area contributed by atoms with Gasteiger partial charge in [0.05, 0.1) is 47.0 Å². The van der Waals surface area contributed by atoms with Crippen molar-refractivity contribution in [2.24, 2.45) is 11.8 Å². The normalized spacial score (nSPS) is 28.6. The molecule has 0 aromatic heterocycles. The molecule has 3 saturated heterocycles. The molecule has 0 spiro atoms. The molecule has 182 valence electrons. The van der Waals surface area contributed by atoms with Gasteiger partial charge in [-0.1, -0.05) is 42.5 Å². The summed E-state index contributed by atoms with van der Waals surface area (Å²) in [6.07, 6.45) is 2.00. The second-order valence-electron chi connectivity index (χ2n) is 10.6. The fraction of sp³-hybridized carbons (Fsp3) is 0.367. The molecule has 0 radical (unpaired) electrons. The van der Waals surface area contributed by atoms with Crippen LogP contribution in [0.4, 0.5) is 5.69 Å². The van der Waals surface area contributed by atoms with Crippen LogP contribution in [0.1, 0.15) is 42.9 Å². The van der Waals surface area contributed by atoms with Gasteiger partial charge in [0.25, 0.3) is 0 Å². The first-order valence-corrected chi connectivity index (χ1v) is 12.5. The first-order chi connectivity index (χ1) is 17.3. The lowest BCUT2D eigenvalue weighted by Gasteiger charge is -2.31. The highest BCUT2D eigenvalue weighted by atomic mass is 16.5. The van der Waals surface area contributed by atoms with Gasteiger partial charge in [-0.05, 0) is 56.9 Å². The third kappa shape index (κ3) is 3.06. The van der Waals surface area contributed by atoms with E-state index in [-0.39, 0.29) is 11.8 Å². The quantitative estimate of drug-likeness (QED) is 0.468. The second-order valence-corrected chi connectivity index (χ2v) is 10.6. The number of nitriles is 1. The van der Waals surface area contributed by atoms with Crippen molar-refractivity contribution in [3.8, 4) is 11.8 Å². The molecule has 0 saturated carbocycles. The van der Waals surface area contributed by atoms with Crippen LogP contribution in [-0.4, -0.2) is 29.6 Å². The van der Waals surface area contributed by atoms with Gasteiger partial charge in [-0.25, -0.2) is 4.90 Å². The standard InChI is InChI=1S/C30H28N2O4/c1-18-7-6-8-19(2)26(18)35-16-15-30-14-13-29(3,36-30)24-25(30)28(34)32(27(24)33)23-12-11-20(17-31)21-9-4-5-10-22(21)23/h4-12,24-25H,13-16H2,1-3H3/t24-,25+,29-,30-/m0/s1. The first kappa shape index (κ1) is 22.8. The number of rotatable bonds is 5. The highest BCUT2D eigenvalue weighted by molar-refractivity contribution is 6.26. The van der Waals surface area contributed by atoms with Crippen molar-refractivity contribution in [3.63, 3.8) is 0 Å². The lowest BCUT2D eigenvalue weighted by atomic mass is 9.67. The van der Waals surface area contributed by atoms with Gasteiger partial charge in [-0.15, -0.1) is 0 Å². The molecule has 0 aliphatic carbocycles. The van der Waals surface area contributed by atoms with Crippen LogP contribution in [0.3, 0.4) is 0 Å². The van der Waals surface area contributed by atoms with E-state index in [1.807, 2.05) is 63.2 Å². The van der Waals surface area contributed by atoms with E-state index in [4.69, 9.17) is 9.47 Å². The van der Waals surface area contributed by atoms with Gasteiger partial charge in [0, 0.05) is 17.2 Å². The molecule has 6 nitrogen and oxygen atoms in total. The lowest BCUT2D eigenvalue weighted by Crippen LogP contribution is -2.43. The summed E-state index contributed by atoms with van der Waals surface area (Å²) >= 11 is 0. The third-order valence-corrected chi connectivity index (χ3v) is 8.45. The van der Waals surface area contributed by atoms with Crippen LogP contribution in [-0.2, 0) is 14.3 Å². The van der Waals surface area contributed by atoms with Crippen molar-refractivity contribution in [2.45, 2.75) is 51.2 Å². The molecule has 0 unspecified atom stereocenters. The van der Waals surface area contributed by atoms with Crippen molar-refractivity contribution in [3.05, 3.63) is 71.3 Å². The van der Waals surface area contributed by atoms with Gasteiger partial charge in [0.15, 0.2) is 0 Å². The monoisotopic (exact) mass is 480 g/mol. The maximum Gasteiger partial charge on any atom is 0.240 e. The number of amides is 2. The number of carbonyl (C=O) groups is 2. The summed E-state index contributed by atoms with van der Waals surface area (Å²) in [6.45, 7) is 6.42. The fourth-order valence-electron chi connectivity index (χ4n) is 6.78. The third-order valence-electron chi connectivity index (χ3n) is 8.45. The molecule has 3 heterocycles. The molecule has 36 heavy (non-hydrogen) atoms. The molecular weight excluding hydrogens is 452 g/mol. The minimum Gasteiger partial charge on any atom is -0.493 e. The Labute approximate surface area is 210 Å². The highest BCUT2D eigenvalue weighted by Gasteiger charge is 2.73. The van der Waals surface area contributed by atoms with Crippen molar-refractivity contribution in [1.29, 1.82) is 5.26 Å². The largest absolute Gasteiger partial charge is 0.493 e. The van der Waals surface area contributed by atoms with E-state index in [1.165, 1.54) is 4.90 Å². The van der Waals surface area contributed by atoms with Gasteiger partial charge in [0.2, 0.25) is 11.8 Å². The van der Waals surface area contributed by atoms with Gasteiger partial charge in [-0.3, -0.25) is 9.59 Å². The average Bonchev–Trinajstić information content (AvgIpc) is 3.45. The molecule has 3 aliphatic heterocycles. The number of anilines is 1. The number of fused-ring (bicyclic) bond motifs is 6. The first-order valence-electron chi connectivity index (χ1n) is 12.5. The van der Waals surface area contributed by atoms with E-state index in [0.717, 1.165) is 40.5 Å². The summed E-state index contributed by atoms with van der Waals surface area (Å²) in [4.78, 5) is 29.2. The summed E-state index contributed by atoms with van der Waals surface area (Å²) in [5, 5.41) is 11.0. The van der Waals surface area contributed by atoms with E-state index in [2.05, 4.69) is 6.07 Å². The molecule has 6 heteroatoms. The summed E-state index contributed by atoms with van der Waals surface area (Å²) in [5.41, 5.74) is 1.80. The van der Waals surface area contributed by atoms with Crippen LogP contribution in [0.25, 0.3) is 10.8 Å². The van der Waals surface area contributed by atoms with Crippen LogP contribution in [0.15, 0.2) is 54.6 Å². The minimum absolute atomic E-state index is 0.209. The number of hydrogen-bond acceptors (Lipinski definition) is 5. The number of para-hydroxylation sites is 1. The van der Waals surface area contributed by atoms with Crippen molar-refractivity contribution in [2.75, 3.05) is 11.5 Å². The number of carbonyl (C=O) groups excluding carboxylic acids is 2. The number of imide groups is 1. The Morgan fingerprint density at radius 2 is 1.67 bits per heavy atom. The molecule has 3 aromatic rings. The second kappa shape index (κ2) is 7.91. The predicted octanol–water partition coefficient (Wildman–Crippen LogP) is 5.22. The summed E-state index contributed by atoms with van der Waals surface area (Å²) < 4.78 is 12.8. The van der Waals surface area contributed by atoms with Crippen molar-refractivity contribution >= 4 is 28.3 Å². The maximum absolute atomic E-state index is 14.0.